The Bertz CT molecular complexity index is 912. The van der Waals surface area contributed by atoms with Gasteiger partial charge in [0, 0.05) is 57.2 Å². The Labute approximate surface area is 170 Å². The second-order valence-corrected chi connectivity index (χ2v) is 8.29. The van der Waals surface area contributed by atoms with Crippen molar-refractivity contribution in [2.45, 2.75) is 59.5 Å². The van der Waals surface area contributed by atoms with E-state index < -0.39 is 0 Å². The summed E-state index contributed by atoms with van der Waals surface area (Å²) < 4.78 is 2.03. The number of nitrogens with zero attached hydrogens (tertiary/aromatic N) is 6. The molecule has 2 atom stereocenters. The lowest BCUT2D eigenvalue weighted by molar-refractivity contribution is -0.144. The van der Waals surface area contributed by atoms with Crippen LogP contribution in [0.25, 0.3) is 0 Å². The molecule has 1 N–H and O–H groups in total. The summed E-state index contributed by atoms with van der Waals surface area (Å²) in [4.78, 5) is 37.2. The van der Waals surface area contributed by atoms with Crippen molar-refractivity contribution in [3.8, 4) is 0 Å². The average Bonchev–Trinajstić information content (AvgIpc) is 3.36. The largest absolute Gasteiger partial charge is 0.346 e. The third kappa shape index (κ3) is 3.77. The fourth-order valence-electron chi connectivity index (χ4n) is 4.38. The van der Waals surface area contributed by atoms with Crippen molar-refractivity contribution in [2.75, 3.05) is 19.6 Å². The maximum atomic E-state index is 13.0. The van der Waals surface area contributed by atoms with Crippen LogP contribution in [0.5, 0.6) is 0 Å². The Morgan fingerprint density at radius 3 is 2.59 bits per heavy atom. The van der Waals surface area contributed by atoms with Gasteiger partial charge in [-0.2, -0.15) is 0 Å². The van der Waals surface area contributed by atoms with Crippen LogP contribution in [0.3, 0.4) is 0 Å². The zero-order valence-corrected chi connectivity index (χ0v) is 17.6. The summed E-state index contributed by atoms with van der Waals surface area (Å²) >= 11 is 0. The number of fused-ring (bicyclic) bond motifs is 1. The van der Waals surface area contributed by atoms with E-state index >= 15 is 0 Å². The predicted octanol–water partition coefficient (Wildman–Crippen LogP) is 0.791. The molecular weight excluding hydrogens is 370 g/mol. The van der Waals surface area contributed by atoms with E-state index in [2.05, 4.69) is 20.2 Å². The standard InChI is InChI=1S/C20H29N7O2/c1-12-10-25(20(29)16-9-18-24-23-15(4)27(18)11-16)7-8-26(12)19(28)6-5-17-21-13(2)14(3)22-17/h12,16H,5-11H2,1-4H3,(H,21,22)/t12-,16?/m0/s1. The van der Waals surface area contributed by atoms with Crippen LogP contribution in [0, 0.1) is 26.7 Å². The van der Waals surface area contributed by atoms with E-state index in [-0.39, 0.29) is 23.8 Å². The molecule has 1 unspecified atom stereocenters. The third-order valence-electron chi connectivity index (χ3n) is 6.21. The van der Waals surface area contributed by atoms with E-state index in [4.69, 9.17) is 0 Å². The second kappa shape index (κ2) is 7.61. The highest BCUT2D eigenvalue weighted by atomic mass is 16.2. The number of hydrogen-bond donors (Lipinski definition) is 1. The van der Waals surface area contributed by atoms with E-state index in [9.17, 15) is 9.59 Å². The molecule has 0 aromatic carbocycles. The Morgan fingerprint density at radius 1 is 1.14 bits per heavy atom. The molecule has 0 radical (unpaired) electrons. The van der Waals surface area contributed by atoms with Crippen molar-refractivity contribution in [2.24, 2.45) is 5.92 Å². The number of carbonyl (C=O) groups excluding carboxylic acids is 2. The number of aryl methyl sites for hydroxylation is 4. The molecule has 2 amide bonds. The minimum absolute atomic E-state index is 0.0159. The summed E-state index contributed by atoms with van der Waals surface area (Å²) in [5.41, 5.74) is 2.03. The number of amides is 2. The molecule has 2 aromatic heterocycles. The maximum Gasteiger partial charge on any atom is 0.228 e. The van der Waals surface area contributed by atoms with E-state index in [0.717, 1.165) is 28.9 Å². The van der Waals surface area contributed by atoms with Crippen LogP contribution >= 0.6 is 0 Å². The Morgan fingerprint density at radius 2 is 1.93 bits per heavy atom. The van der Waals surface area contributed by atoms with Crippen LogP contribution in [0.1, 0.15) is 42.2 Å². The van der Waals surface area contributed by atoms with E-state index in [1.165, 1.54) is 0 Å². The van der Waals surface area contributed by atoms with Gasteiger partial charge in [-0.25, -0.2) is 4.98 Å². The topological polar surface area (TPSA) is 100 Å². The molecule has 156 valence electrons. The number of aromatic nitrogens is 5. The summed E-state index contributed by atoms with van der Waals surface area (Å²) in [7, 11) is 0. The van der Waals surface area contributed by atoms with Gasteiger partial charge in [0.25, 0.3) is 0 Å². The highest BCUT2D eigenvalue weighted by Gasteiger charge is 2.36. The lowest BCUT2D eigenvalue weighted by Gasteiger charge is -2.40. The molecule has 2 aromatic rings. The van der Waals surface area contributed by atoms with Gasteiger partial charge in [-0.15, -0.1) is 10.2 Å². The zero-order chi connectivity index (χ0) is 20.7. The minimum Gasteiger partial charge on any atom is -0.346 e. The number of hydrogen-bond acceptors (Lipinski definition) is 5. The maximum absolute atomic E-state index is 13.0. The number of piperazine rings is 1. The van der Waals surface area contributed by atoms with Crippen LogP contribution in [-0.2, 0) is 29.0 Å². The van der Waals surface area contributed by atoms with E-state index in [0.29, 0.717) is 45.4 Å². The summed E-state index contributed by atoms with van der Waals surface area (Å²) in [6, 6.07) is 0.0159. The molecule has 0 saturated carbocycles. The normalized spacial score (nSPS) is 21.5. The average molecular weight is 399 g/mol. The zero-order valence-electron chi connectivity index (χ0n) is 17.6. The van der Waals surface area contributed by atoms with Crippen molar-refractivity contribution in [3.63, 3.8) is 0 Å². The Hall–Kier alpha value is -2.71. The van der Waals surface area contributed by atoms with Crippen LogP contribution in [0.4, 0.5) is 0 Å². The van der Waals surface area contributed by atoms with Crippen molar-refractivity contribution in [1.29, 1.82) is 0 Å². The van der Waals surface area contributed by atoms with Crippen LogP contribution in [-0.4, -0.2) is 72.0 Å². The van der Waals surface area contributed by atoms with E-state index in [1.807, 2.05) is 42.1 Å². The molecule has 4 rings (SSSR count). The SMILES string of the molecule is Cc1nc(CCC(=O)N2CCN(C(=O)C3Cc4nnc(C)n4C3)C[C@@H]2C)[nH]c1C. The van der Waals surface area contributed by atoms with Crippen molar-refractivity contribution < 1.29 is 9.59 Å². The monoisotopic (exact) mass is 399 g/mol. The first-order chi connectivity index (χ1) is 13.8. The van der Waals surface area contributed by atoms with Crippen LogP contribution in [0.2, 0.25) is 0 Å². The molecule has 29 heavy (non-hydrogen) atoms. The molecule has 0 spiro atoms. The minimum atomic E-state index is -0.0703. The molecule has 2 aliphatic heterocycles. The highest BCUT2D eigenvalue weighted by molar-refractivity contribution is 5.81. The van der Waals surface area contributed by atoms with Gasteiger partial charge < -0.3 is 19.4 Å². The summed E-state index contributed by atoms with van der Waals surface area (Å²) in [5, 5.41) is 8.23. The number of imidazole rings is 1. The molecule has 9 nitrogen and oxygen atoms in total. The molecule has 9 heteroatoms. The fourth-order valence-corrected chi connectivity index (χ4v) is 4.38. The van der Waals surface area contributed by atoms with Gasteiger partial charge in [-0.05, 0) is 27.7 Å². The van der Waals surface area contributed by atoms with Crippen molar-refractivity contribution in [3.05, 3.63) is 28.9 Å². The lowest BCUT2D eigenvalue weighted by atomic mass is 10.0. The fraction of sp³-hybridized carbons (Fsp3) is 0.650. The molecule has 0 bridgehead atoms. The molecule has 2 aliphatic rings. The van der Waals surface area contributed by atoms with E-state index in [1.54, 1.807) is 0 Å². The van der Waals surface area contributed by atoms with Gasteiger partial charge in [-0.1, -0.05) is 0 Å². The highest BCUT2D eigenvalue weighted by Crippen LogP contribution is 2.23. The van der Waals surface area contributed by atoms with Crippen molar-refractivity contribution >= 4 is 11.8 Å². The van der Waals surface area contributed by atoms with Gasteiger partial charge in [0.1, 0.15) is 17.5 Å². The quantitative estimate of drug-likeness (QED) is 0.819. The first-order valence-electron chi connectivity index (χ1n) is 10.3. The molecule has 4 heterocycles. The second-order valence-electron chi connectivity index (χ2n) is 8.29. The predicted molar refractivity (Wildman–Crippen MR) is 106 cm³/mol. The molecule has 1 fully saturated rings. The smallest absolute Gasteiger partial charge is 0.228 e. The summed E-state index contributed by atoms with van der Waals surface area (Å²) in [6.07, 6.45) is 1.69. The van der Waals surface area contributed by atoms with Gasteiger partial charge in [0.15, 0.2) is 0 Å². The summed E-state index contributed by atoms with van der Waals surface area (Å²) in [5.74, 6) is 2.83. The molecule has 1 saturated heterocycles. The third-order valence-corrected chi connectivity index (χ3v) is 6.21. The Balaban J connectivity index is 1.30. The number of aromatic amines is 1. The number of rotatable bonds is 4. The van der Waals surface area contributed by atoms with Gasteiger partial charge >= 0.3 is 0 Å². The van der Waals surface area contributed by atoms with Crippen LogP contribution < -0.4 is 0 Å². The Kier molecular flexibility index (Phi) is 5.14. The number of carbonyl (C=O) groups is 2. The number of nitrogens with one attached hydrogen (secondary N) is 1. The first-order valence-corrected chi connectivity index (χ1v) is 10.3. The molecule has 0 aliphatic carbocycles. The first kappa shape index (κ1) is 19.6. The summed E-state index contributed by atoms with van der Waals surface area (Å²) in [6.45, 7) is 10.3. The van der Waals surface area contributed by atoms with Crippen molar-refractivity contribution in [1.82, 2.24) is 34.5 Å². The van der Waals surface area contributed by atoms with Gasteiger partial charge in [0.2, 0.25) is 11.8 Å². The van der Waals surface area contributed by atoms with Gasteiger partial charge in [0.05, 0.1) is 11.6 Å². The van der Waals surface area contributed by atoms with Crippen LogP contribution in [0.15, 0.2) is 0 Å². The lowest BCUT2D eigenvalue weighted by Crippen LogP contribution is -2.56. The van der Waals surface area contributed by atoms with Gasteiger partial charge in [-0.3, -0.25) is 9.59 Å². The number of H-pyrrole nitrogens is 1. The molecular formula is C20H29N7O2.